The monoisotopic (exact) mass is 411 g/mol. The molecule has 0 aromatic carbocycles. The number of aryl methyl sites for hydroxylation is 2. The smallest absolute Gasteiger partial charge is 0.268 e. The van der Waals surface area contributed by atoms with E-state index in [2.05, 4.69) is 27.0 Å². The number of carbonyl (C=O) groups is 3. The number of nitrogens with one attached hydrogen (secondary N) is 4. The molecule has 1 aliphatic heterocycles. The second-order valence-corrected chi connectivity index (χ2v) is 9.29. The summed E-state index contributed by atoms with van der Waals surface area (Å²) in [6.07, 6.45) is 5.67. The van der Waals surface area contributed by atoms with Gasteiger partial charge in [-0.3, -0.25) is 14.4 Å². The lowest BCUT2D eigenvalue weighted by molar-refractivity contribution is -0.125. The van der Waals surface area contributed by atoms with Gasteiger partial charge in [0.2, 0.25) is 11.8 Å². The number of amides is 3. The van der Waals surface area contributed by atoms with E-state index in [-0.39, 0.29) is 29.2 Å². The summed E-state index contributed by atoms with van der Waals surface area (Å²) in [7, 11) is 0. The lowest BCUT2D eigenvalue weighted by atomic mass is 9.95. The Labute approximate surface area is 176 Å². The van der Waals surface area contributed by atoms with Crippen molar-refractivity contribution in [3.8, 4) is 6.07 Å². The van der Waals surface area contributed by atoms with E-state index in [0.717, 1.165) is 43.4 Å². The van der Waals surface area contributed by atoms with E-state index in [1.807, 2.05) is 13.8 Å². The van der Waals surface area contributed by atoms with Crippen LogP contribution in [-0.4, -0.2) is 40.3 Å². The SMILES string of the molecule is Cc1cc(C(=O)NC(CC2CC2)C(=O)NC(C#N)CC2CC3(CC3)NC2=O)[nH]c1C. The molecule has 8 heteroatoms. The molecule has 3 unspecified atom stereocenters. The first-order chi connectivity index (χ1) is 14.3. The van der Waals surface area contributed by atoms with Crippen molar-refractivity contribution in [3.05, 3.63) is 23.0 Å². The number of nitrogens with zero attached hydrogens (tertiary/aromatic N) is 1. The van der Waals surface area contributed by atoms with E-state index < -0.39 is 12.1 Å². The van der Waals surface area contributed by atoms with E-state index in [9.17, 15) is 19.6 Å². The number of nitriles is 1. The zero-order valence-corrected chi connectivity index (χ0v) is 17.5. The molecule has 0 radical (unpaired) electrons. The minimum absolute atomic E-state index is 0.0256. The van der Waals surface area contributed by atoms with Gasteiger partial charge in [-0.2, -0.15) is 5.26 Å². The Morgan fingerprint density at radius 3 is 2.53 bits per heavy atom. The van der Waals surface area contributed by atoms with Crippen molar-refractivity contribution in [2.24, 2.45) is 11.8 Å². The maximum Gasteiger partial charge on any atom is 0.268 e. The standard InChI is InChI=1S/C22H29N5O3/c1-12-7-17(24-13(12)2)21(30)26-18(8-14-3-4-14)20(29)25-16(11-23)9-15-10-22(5-6-22)27-19(15)28/h7,14-16,18,24H,3-6,8-10H2,1-2H3,(H,25,29)(H,26,30)(H,27,28). The third-order valence-electron chi connectivity index (χ3n) is 6.65. The van der Waals surface area contributed by atoms with Crippen LogP contribution in [-0.2, 0) is 9.59 Å². The van der Waals surface area contributed by atoms with Crippen molar-refractivity contribution >= 4 is 17.7 Å². The molecule has 2 aliphatic carbocycles. The topological polar surface area (TPSA) is 127 Å². The van der Waals surface area contributed by atoms with Gasteiger partial charge in [-0.1, -0.05) is 12.8 Å². The zero-order valence-electron chi connectivity index (χ0n) is 17.5. The first kappa shape index (κ1) is 20.5. The predicted molar refractivity (Wildman–Crippen MR) is 109 cm³/mol. The lowest BCUT2D eigenvalue weighted by Crippen LogP contribution is -2.50. The predicted octanol–water partition coefficient (Wildman–Crippen LogP) is 1.60. The fourth-order valence-electron chi connectivity index (χ4n) is 4.29. The van der Waals surface area contributed by atoms with Crippen LogP contribution in [0, 0.1) is 37.0 Å². The van der Waals surface area contributed by atoms with Gasteiger partial charge in [0.25, 0.3) is 5.91 Å². The summed E-state index contributed by atoms with van der Waals surface area (Å²) in [6.45, 7) is 3.81. The Hall–Kier alpha value is -2.82. The highest BCUT2D eigenvalue weighted by Crippen LogP contribution is 2.46. The summed E-state index contributed by atoms with van der Waals surface area (Å²) >= 11 is 0. The van der Waals surface area contributed by atoms with Gasteiger partial charge in [0.15, 0.2) is 0 Å². The minimum atomic E-state index is -0.754. The van der Waals surface area contributed by atoms with Crippen LogP contribution in [0.4, 0.5) is 0 Å². The van der Waals surface area contributed by atoms with Gasteiger partial charge < -0.3 is 20.9 Å². The average Bonchev–Trinajstić information content (AvgIpc) is 3.60. The van der Waals surface area contributed by atoms with Gasteiger partial charge in [0.1, 0.15) is 17.8 Å². The number of H-pyrrole nitrogens is 1. The lowest BCUT2D eigenvalue weighted by Gasteiger charge is -2.21. The zero-order chi connectivity index (χ0) is 21.5. The molecule has 30 heavy (non-hydrogen) atoms. The van der Waals surface area contributed by atoms with Crippen LogP contribution in [0.3, 0.4) is 0 Å². The van der Waals surface area contributed by atoms with Gasteiger partial charge in [-0.05, 0) is 63.5 Å². The maximum atomic E-state index is 12.9. The van der Waals surface area contributed by atoms with Gasteiger partial charge >= 0.3 is 0 Å². The quantitative estimate of drug-likeness (QED) is 0.518. The minimum Gasteiger partial charge on any atom is -0.354 e. The molecular formula is C22H29N5O3. The number of rotatable bonds is 8. The Bertz CT molecular complexity index is 887. The molecule has 160 valence electrons. The highest BCUT2D eigenvalue weighted by Gasteiger charge is 2.52. The number of hydrogen-bond acceptors (Lipinski definition) is 4. The Morgan fingerprint density at radius 1 is 1.27 bits per heavy atom. The van der Waals surface area contributed by atoms with Crippen LogP contribution < -0.4 is 16.0 Å². The third kappa shape index (κ3) is 4.50. The second kappa shape index (κ2) is 7.78. The average molecular weight is 412 g/mol. The van der Waals surface area contributed by atoms with E-state index in [0.29, 0.717) is 24.5 Å². The molecule has 3 amide bonds. The largest absolute Gasteiger partial charge is 0.354 e. The highest BCUT2D eigenvalue weighted by molar-refractivity contribution is 5.96. The van der Waals surface area contributed by atoms with Crippen LogP contribution in [0.1, 0.15) is 66.7 Å². The second-order valence-electron chi connectivity index (χ2n) is 9.29. The van der Waals surface area contributed by atoms with Crippen LogP contribution in [0.25, 0.3) is 0 Å². The van der Waals surface area contributed by atoms with E-state index in [1.54, 1.807) is 6.07 Å². The molecule has 3 aliphatic rings. The van der Waals surface area contributed by atoms with Crippen molar-refractivity contribution in [1.82, 2.24) is 20.9 Å². The Balaban J connectivity index is 1.37. The summed E-state index contributed by atoms with van der Waals surface area (Å²) in [5, 5.41) is 18.2. The van der Waals surface area contributed by atoms with Crippen molar-refractivity contribution < 1.29 is 14.4 Å². The third-order valence-corrected chi connectivity index (χ3v) is 6.65. The first-order valence-electron chi connectivity index (χ1n) is 10.8. The van der Waals surface area contributed by atoms with Crippen LogP contribution in [0.15, 0.2) is 6.07 Å². The van der Waals surface area contributed by atoms with Gasteiger partial charge in [-0.15, -0.1) is 0 Å². The molecule has 4 rings (SSSR count). The van der Waals surface area contributed by atoms with Gasteiger partial charge in [0, 0.05) is 17.2 Å². The molecule has 4 N–H and O–H groups in total. The molecule has 2 heterocycles. The Morgan fingerprint density at radius 2 is 2.00 bits per heavy atom. The van der Waals surface area contributed by atoms with Gasteiger partial charge in [0.05, 0.1) is 6.07 Å². The number of aromatic amines is 1. The maximum absolute atomic E-state index is 12.9. The molecule has 1 aromatic rings. The molecular weight excluding hydrogens is 382 g/mol. The van der Waals surface area contributed by atoms with Crippen LogP contribution in [0.2, 0.25) is 0 Å². The molecule has 2 saturated carbocycles. The molecule has 0 bridgehead atoms. The summed E-state index contributed by atoms with van der Waals surface area (Å²) < 4.78 is 0. The molecule has 1 spiro atoms. The summed E-state index contributed by atoms with van der Waals surface area (Å²) in [5.74, 6) is -0.544. The summed E-state index contributed by atoms with van der Waals surface area (Å²) in [5.41, 5.74) is 2.26. The molecule has 3 fully saturated rings. The highest BCUT2D eigenvalue weighted by atomic mass is 16.2. The number of hydrogen-bond donors (Lipinski definition) is 4. The Kier molecular flexibility index (Phi) is 5.31. The van der Waals surface area contributed by atoms with E-state index >= 15 is 0 Å². The van der Waals surface area contributed by atoms with Crippen molar-refractivity contribution in [1.29, 1.82) is 5.26 Å². The van der Waals surface area contributed by atoms with Crippen molar-refractivity contribution in [2.45, 2.75) is 76.4 Å². The summed E-state index contributed by atoms with van der Waals surface area (Å²) in [4.78, 5) is 40.8. The fraction of sp³-hybridized carbons (Fsp3) is 0.636. The number of carbonyl (C=O) groups excluding carboxylic acids is 3. The van der Waals surface area contributed by atoms with Crippen molar-refractivity contribution in [2.75, 3.05) is 0 Å². The fourth-order valence-corrected chi connectivity index (χ4v) is 4.29. The molecule has 1 aromatic heterocycles. The first-order valence-corrected chi connectivity index (χ1v) is 10.8. The van der Waals surface area contributed by atoms with Crippen LogP contribution in [0.5, 0.6) is 0 Å². The van der Waals surface area contributed by atoms with E-state index in [1.165, 1.54) is 0 Å². The van der Waals surface area contributed by atoms with Gasteiger partial charge in [-0.25, -0.2) is 0 Å². The number of aromatic nitrogens is 1. The van der Waals surface area contributed by atoms with E-state index in [4.69, 9.17) is 0 Å². The normalized spacial score (nSPS) is 23.4. The molecule has 1 saturated heterocycles. The molecule has 3 atom stereocenters. The van der Waals surface area contributed by atoms with Crippen LogP contribution >= 0.6 is 0 Å². The molecule has 8 nitrogen and oxygen atoms in total. The summed E-state index contributed by atoms with van der Waals surface area (Å²) in [6, 6.07) is 2.43. The van der Waals surface area contributed by atoms with Crippen molar-refractivity contribution in [3.63, 3.8) is 0 Å².